The van der Waals surface area contributed by atoms with Gasteiger partial charge in [0.1, 0.15) is 17.0 Å². The molecule has 1 amide bonds. The van der Waals surface area contributed by atoms with Crippen molar-refractivity contribution in [3.05, 3.63) is 29.3 Å². The summed E-state index contributed by atoms with van der Waals surface area (Å²) in [5, 5.41) is 0. The molecule has 1 heterocycles. The van der Waals surface area contributed by atoms with E-state index in [2.05, 4.69) is 0 Å². The second-order valence-corrected chi connectivity index (χ2v) is 8.15. The van der Waals surface area contributed by atoms with Gasteiger partial charge in [0, 0.05) is 13.1 Å². The van der Waals surface area contributed by atoms with Crippen LogP contribution in [-0.2, 0) is 22.4 Å². The van der Waals surface area contributed by atoms with Crippen LogP contribution in [0.2, 0.25) is 0 Å². The lowest BCUT2D eigenvalue weighted by Crippen LogP contribution is -2.39. The quantitative estimate of drug-likeness (QED) is 0.559. The van der Waals surface area contributed by atoms with E-state index in [1.165, 1.54) is 0 Å². The van der Waals surface area contributed by atoms with E-state index < -0.39 is 17.4 Å². The Kier molecular flexibility index (Phi) is 5.30. The minimum absolute atomic E-state index is 0.336. The van der Waals surface area contributed by atoms with Crippen LogP contribution in [0.5, 0.6) is 5.75 Å². The summed E-state index contributed by atoms with van der Waals surface area (Å²) in [7, 11) is 0. The first-order valence-corrected chi connectivity index (χ1v) is 8.43. The minimum atomic E-state index is -0.743. The van der Waals surface area contributed by atoms with Crippen LogP contribution in [0.1, 0.15) is 52.7 Å². The van der Waals surface area contributed by atoms with Crippen LogP contribution in [-0.4, -0.2) is 34.9 Å². The van der Waals surface area contributed by atoms with Crippen LogP contribution in [0.4, 0.5) is 9.59 Å². The molecule has 0 bridgehead atoms. The first-order chi connectivity index (χ1) is 11.4. The van der Waals surface area contributed by atoms with Gasteiger partial charge < -0.3 is 19.1 Å². The lowest BCUT2D eigenvalue weighted by molar-refractivity contribution is 0.0192. The zero-order valence-corrected chi connectivity index (χ0v) is 15.8. The van der Waals surface area contributed by atoms with Crippen LogP contribution in [0.15, 0.2) is 18.2 Å². The number of benzene rings is 1. The smallest absolute Gasteiger partial charge is 0.444 e. The van der Waals surface area contributed by atoms with E-state index in [4.69, 9.17) is 14.2 Å². The van der Waals surface area contributed by atoms with E-state index >= 15 is 0 Å². The molecule has 0 spiro atoms. The molecule has 25 heavy (non-hydrogen) atoms. The fraction of sp³-hybridized carbons (Fsp3) is 0.579. The molecule has 1 aromatic carbocycles. The first-order valence-electron chi connectivity index (χ1n) is 8.43. The zero-order valence-electron chi connectivity index (χ0n) is 15.8. The molecule has 0 saturated heterocycles. The molecular formula is C19H27NO5. The number of fused-ring (bicyclic) bond motifs is 1. The molecule has 1 aromatic rings. The molecule has 0 aromatic heterocycles. The summed E-state index contributed by atoms with van der Waals surface area (Å²) in [5.74, 6) is 0.402. The molecule has 1 aliphatic rings. The van der Waals surface area contributed by atoms with Crippen molar-refractivity contribution in [1.29, 1.82) is 0 Å². The van der Waals surface area contributed by atoms with Gasteiger partial charge in [-0.25, -0.2) is 9.59 Å². The van der Waals surface area contributed by atoms with E-state index in [-0.39, 0.29) is 6.09 Å². The van der Waals surface area contributed by atoms with E-state index in [1.807, 2.05) is 26.8 Å². The molecule has 2 rings (SSSR count). The lowest BCUT2D eigenvalue weighted by Gasteiger charge is -2.31. The molecule has 0 radical (unpaired) electrons. The number of ether oxygens (including phenoxy) is 3. The summed E-state index contributed by atoms with van der Waals surface area (Å²) < 4.78 is 15.8. The molecule has 6 nitrogen and oxygen atoms in total. The maximum Gasteiger partial charge on any atom is 0.514 e. The monoisotopic (exact) mass is 349 g/mol. The summed E-state index contributed by atoms with van der Waals surface area (Å²) in [4.78, 5) is 25.7. The molecular weight excluding hydrogens is 322 g/mol. The van der Waals surface area contributed by atoms with E-state index in [1.54, 1.807) is 37.8 Å². The average Bonchev–Trinajstić information content (AvgIpc) is 2.42. The number of hydrogen-bond acceptors (Lipinski definition) is 5. The largest absolute Gasteiger partial charge is 0.514 e. The number of nitrogens with zero attached hydrogens (tertiary/aromatic N) is 1. The topological polar surface area (TPSA) is 65.1 Å². The molecule has 0 atom stereocenters. The van der Waals surface area contributed by atoms with Crippen molar-refractivity contribution in [1.82, 2.24) is 4.90 Å². The fourth-order valence-corrected chi connectivity index (χ4v) is 2.45. The van der Waals surface area contributed by atoms with Crippen LogP contribution >= 0.6 is 0 Å². The molecule has 0 saturated carbocycles. The van der Waals surface area contributed by atoms with Crippen molar-refractivity contribution in [2.45, 2.75) is 65.7 Å². The summed E-state index contributed by atoms with van der Waals surface area (Å²) in [6, 6.07) is 5.43. The second kappa shape index (κ2) is 6.94. The van der Waals surface area contributed by atoms with Crippen LogP contribution in [0.25, 0.3) is 0 Å². The summed E-state index contributed by atoms with van der Waals surface area (Å²) in [5.41, 5.74) is 0.937. The Morgan fingerprint density at radius 3 is 2.20 bits per heavy atom. The molecule has 0 aliphatic carbocycles. The Morgan fingerprint density at radius 2 is 1.60 bits per heavy atom. The summed E-state index contributed by atoms with van der Waals surface area (Å²) >= 11 is 0. The molecule has 1 aliphatic heterocycles. The number of carbonyl (C=O) groups excluding carboxylic acids is 2. The number of amides is 1. The lowest BCUT2D eigenvalue weighted by atomic mass is 10.00. The molecule has 6 heteroatoms. The van der Waals surface area contributed by atoms with Crippen LogP contribution in [0.3, 0.4) is 0 Å². The highest BCUT2D eigenvalue weighted by Gasteiger charge is 2.26. The maximum atomic E-state index is 12.2. The van der Waals surface area contributed by atoms with E-state index in [0.717, 1.165) is 17.5 Å². The van der Waals surface area contributed by atoms with Gasteiger partial charge >= 0.3 is 12.2 Å². The highest BCUT2D eigenvalue weighted by molar-refractivity contribution is 5.69. The van der Waals surface area contributed by atoms with Crippen LogP contribution < -0.4 is 4.74 Å². The third-order valence-electron chi connectivity index (χ3n) is 3.43. The molecule has 0 N–H and O–H groups in total. The van der Waals surface area contributed by atoms with Gasteiger partial charge in [-0.1, -0.05) is 6.07 Å². The van der Waals surface area contributed by atoms with Gasteiger partial charge in [-0.2, -0.15) is 0 Å². The highest BCUT2D eigenvalue weighted by Crippen LogP contribution is 2.25. The van der Waals surface area contributed by atoms with Crippen molar-refractivity contribution in [2.24, 2.45) is 0 Å². The van der Waals surface area contributed by atoms with Gasteiger partial charge in [-0.05, 0) is 71.2 Å². The Balaban J connectivity index is 2.06. The fourth-order valence-electron chi connectivity index (χ4n) is 2.45. The van der Waals surface area contributed by atoms with Gasteiger partial charge in [-0.3, -0.25) is 0 Å². The predicted octanol–water partition coefficient (Wildman–Crippen LogP) is 4.29. The summed E-state index contributed by atoms with van der Waals surface area (Å²) in [6.07, 6.45) is -0.342. The van der Waals surface area contributed by atoms with Gasteiger partial charge in [0.15, 0.2) is 0 Å². The Labute approximate surface area is 149 Å². The molecule has 0 unspecified atom stereocenters. The first kappa shape index (κ1) is 19.1. The van der Waals surface area contributed by atoms with Crippen molar-refractivity contribution in [2.75, 3.05) is 6.54 Å². The average molecular weight is 349 g/mol. The van der Waals surface area contributed by atoms with Crippen molar-refractivity contribution in [3.8, 4) is 5.75 Å². The third kappa shape index (κ3) is 5.96. The predicted molar refractivity (Wildman–Crippen MR) is 93.7 cm³/mol. The second-order valence-electron chi connectivity index (χ2n) is 8.15. The van der Waals surface area contributed by atoms with Crippen molar-refractivity contribution >= 4 is 12.2 Å². The van der Waals surface area contributed by atoms with Crippen LogP contribution in [0, 0.1) is 0 Å². The van der Waals surface area contributed by atoms with Gasteiger partial charge in [0.25, 0.3) is 0 Å². The van der Waals surface area contributed by atoms with E-state index in [9.17, 15) is 9.59 Å². The van der Waals surface area contributed by atoms with Gasteiger partial charge in [0.2, 0.25) is 0 Å². The molecule has 0 fully saturated rings. The van der Waals surface area contributed by atoms with Crippen molar-refractivity contribution < 1.29 is 23.8 Å². The minimum Gasteiger partial charge on any atom is -0.444 e. The van der Waals surface area contributed by atoms with Crippen molar-refractivity contribution in [3.63, 3.8) is 0 Å². The SMILES string of the molecule is CC(C)(C)OC(=O)Oc1ccc2c(c1)CN(C(=O)OC(C)(C)C)CC2. The van der Waals surface area contributed by atoms with Gasteiger partial charge in [0.05, 0.1) is 0 Å². The van der Waals surface area contributed by atoms with Gasteiger partial charge in [-0.15, -0.1) is 0 Å². The standard InChI is InChI=1S/C19H27NO5/c1-18(2,3)24-16(21)20-10-9-13-7-8-15(11-14(13)12-20)23-17(22)25-19(4,5)6/h7-8,11H,9-10,12H2,1-6H3. The maximum absolute atomic E-state index is 12.2. The van der Waals surface area contributed by atoms with E-state index in [0.29, 0.717) is 18.8 Å². The number of carbonyl (C=O) groups is 2. The Hall–Kier alpha value is -2.24. The highest BCUT2D eigenvalue weighted by atomic mass is 16.7. The molecule has 138 valence electrons. The summed E-state index contributed by atoms with van der Waals surface area (Å²) in [6.45, 7) is 11.9. The zero-order chi connectivity index (χ0) is 18.8. The number of rotatable bonds is 1. The Bertz CT molecular complexity index is 655. The number of hydrogen-bond donors (Lipinski definition) is 0. The normalized spacial score (nSPS) is 14.6. The Morgan fingerprint density at radius 1 is 0.960 bits per heavy atom. The third-order valence-corrected chi connectivity index (χ3v) is 3.43.